The van der Waals surface area contributed by atoms with Crippen molar-refractivity contribution >= 4 is 5.97 Å². The van der Waals surface area contributed by atoms with Crippen LogP contribution >= 0.6 is 0 Å². The van der Waals surface area contributed by atoms with Gasteiger partial charge in [-0.1, -0.05) is 74.8 Å². The molecular formula is C21H34O4. The predicted octanol–water partition coefficient (Wildman–Crippen LogP) is 5.77. The van der Waals surface area contributed by atoms with Crippen molar-refractivity contribution in [2.45, 2.75) is 70.8 Å². The molecule has 0 spiro atoms. The zero-order valence-electron chi connectivity index (χ0n) is 15.7. The van der Waals surface area contributed by atoms with Crippen LogP contribution in [-0.4, -0.2) is 24.3 Å². The van der Waals surface area contributed by atoms with E-state index in [1.54, 1.807) is 7.11 Å². The average molecular weight is 350 g/mol. The topological polar surface area (TPSA) is 55.8 Å². The molecule has 0 amide bonds. The summed E-state index contributed by atoms with van der Waals surface area (Å²) in [6.07, 6.45) is 24.6. The number of hydrogen-bond acceptors (Lipinski definition) is 3. The summed E-state index contributed by atoms with van der Waals surface area (Å²) < 4.78 is 0. The molecule has 0 heterocycles. The molecule has 0 aliphatic rings. The van der Waals surface area contributed by atoms with E-state index in [0.29, 0.717) is 6.42 Å². The third-order valence-corrected chi connectivity index (χ3v) is 3.52. The van der Waals surface area contributed by atoms with E-state index < -0.39 is 5.97 Å². The molecule has 0 radical (unpaired) electrons. The van der Waals surface area contributed by atoms with Crippen molar-refractivity contribution in [1.82, 2.24) is 0 Å². The minimum Gasteiger partial charge on any atom is -0.481 e. The molecule has 0 aliphatic heterocycles. The van der Waals surface area contributed by atoms with Crippen LogP contribution in [0.1, 0.15) is 64.7 Å². The van der Waals surface area contributed by atoms with E-state index in [0.717, 1.165) is 32.1 Å². The molecule has 4 nitrogen and oxygen atoms in total. The van der Waals surface area contributed by atoms with Gasteiger partial charge in [0.1, 0.15) is 6.10 Å². The molecule has 4 heteroatoms. The Hall–Kier alpha value is -1.65. The van der Waals surface area contributed by atoms with Gasteiger partial charge in [0.15, 0.2) is 0 Å². The minimum absolute atomic E-state index is 0.0167. The Morgan fingerprint density at radius 3 is 2.40 bits per heavy atom. The highest BCUT2D eigenvalue weighted by Gasteiger charge is 2.03. The van der Waals surface area contributed by atoms with E-state index in [1.165, 1.54) is 12.8 Å². The Kier molecular flexibility index (Phi) is 17.5. The van der Waals surface area contributed by atoms with Crippen molar-refractivity contribution in [3.05, 3.63) is 48.6 Å². The van der Waals surface area contributed by atoms with Crippen LogP contribution < -0.4 is 0 Å². The molecule has 1 unspecified atom stereocenters. The van der Waals surface area contributed by atoms with Gasteiger partial charge >= 0.3 is 5.97 Å². The summed E-state index contributed by atoms with van der Waals surface area (Å²) in [6.45, 7) is 2.19. The van der Waals surface area contributed by atoms with E-state index >= 15 is 0 Å². The summed E-state index contributed by atoms with van der Waals surface area (Å²) in [7, 11) is 1.54. The van der Waals surface area contributed by atoms with Gasteiger partial charge in [0, 0.05) is 6.42 Å². The van der Waals surface area contributed by atoms with Crippen molar-refractivity contribution in [2.24, 2.45) is 0 Å². The van der Waals surface area contributed by atoms with Gasteiger partial charge in [0.05, 0.1) is 7.11 Å². The summed E-state index contributed by atoms with van der Waals surface area (Å²) in [5.74, 6) is -0.727. The first-order valence-corrected chi connectivity index (χ1v) is 9.25. The summed E-state index contributed by atoms with van der Waals surface area (Å²) in [5, 5.41) is 8.52. The van der Waals surface area contributed by atoms with Crippen LogP contribution in [0.25, 0.3) is 0 Å². The Morgan fingerprint density at radius 2 is 1.72 bits per heavy atom. The maximum absolute atomic E-state index is 10.4. The fourth-order valence-corrected chi connectivity index (χ4v) is 2.18. The maximum Gasteiger partial charge on any atom is 0.303 e. The molecular weight excluding hydrogens is 316 g/mol. The summed E-state index contributed by atoms with van der Waals surface area (Å²) in [6, 6.07) is 0. The van der Waals surface area contributed by atoms with Crippen molar-refractivity contribution in [1.29, 1.82) is 0 Å². The zero-order valence-corrected chi connectivity index (χ0v) is 15.7. The number of rotatable bonds is 16. The van der Waals surface area contributed by atoms with E-state index in [2.05, 4.69) is 31.2 Å². The zero-order chi connectivity index (χ0) is 18.6. The highest BCUT2D eigenvalue weighted by atomic mass is 17.2. The van der Waals surface area contributed by atoms with Gasteiger partial charge < -0.3 is 5.11 Å². The molecule has 25 heavy (non-hydrogen) atoms. The Labute approximate surface area is 152 Å². The molecule has 0 aromatic carbocycles. The van der Waals surface area contributed by atoms with E-state index in [-0.39, 0.29) is 12.5 Å². The second-order valence-corrected chi connectivity index (χ2v) is 5.81. The van der Waals surface area contributed by atoms with Crippen LogP contribution in [0.3, 0.4) is 0 Å². The van der Waals surface area contributed by atoms with Gasteiger partial charge in [-0.2, -0.15) is 0 Å². The monoisotopic (exact) mass is 350 g/mol. The van der Waals surface area contributed by atoms with Gasteiger partial charge in [-0.15, -0.1) is 0 Å². The standard InChI is InChI=1S/C21H34O4/c1-3-4-14-17-20(25-24-2)18-15-12-10-8-6-5-7-9-11-13-16-19-21(22)23/h5-6,9-12,15,18,20H,3-4,7-8,13-14,16-17,19H2,1-2H3,(H,22,23)/b6-5-,11-9-,12-10-,18-15+. The second-order valence-electron chi connectivity index (χ2n) is 5.81. The van der Waals surface area contributed by atoms with E-state index in [1.807, 2.05) is 24.3 Å². The second kappa shape index (κ2) is 18.7. The number of carboxylic acids is 1. The molecule has 1 atom stereocenters. The SMILES string of the molecule is CCCCCC(/C=C/C=C\C/C=C\C/C=C\CCCC(=O)O)OOC. The molecule has 1 N–H and O–H groups in total. The molecule has 0 saturated carbocycles. The lowest BCUT2D eigenvalue weighted by Crippen LogP contribution is -2.08. The minimum atomic E-state index is -0.727. The fourth-order valence-electron chi connectivity index (χ4n) is 2.18. The molecule has 0 saturated heterocycles. The number of allylic oxidation sites excluding steroid dienone is 7. The van der Waals surface area contributed by atoms with Gasteiger partial charge in [-0.25, -0.2) is 9.78 Å². The summed E-state index contributed by atoms with van der Waals surface area (Å²) in [5.41, 5.74) is 0. The van der Waals surface area contributed by atoms with Crippen LogP contribution in [0.5, 0.6) is 0 Å². The van der Waals surface area contributed by atoms with E-state index in [9.17, 15) is 4.79 Å². The quantitative estimate of drug-likeness (QED) is 0.126. The molecule has 0 fully saturated rings. The van der Waals surface area contributed by atoms with Gasteiger partial charge in [0.2, 0.25) is 0 Å². The molecule has 0 aromatic heterocycles. The summed E-state index contributed by atoms with van der Waals surface area (Å²) >= 11 is 0. The van der Waals surface area contributed by atoms with Crippen LogP contribution in [0.4, 0.5) is 0 Å². The van der Waals surface area contributed by atoms with Crippen molar-refractivity contribution in [3.8, 4) is 0 Å². The van der Waals surface area contributed by atoms with Crippen molar-refractivity contribution < 1.29 is 19.7 Å². The predicted molar refractivity (Wildman–Crippen MR) is 103 cm³/mol. The van der Waals surface area contributed by atoms with Crippen LogP contribution in [0.15, 0.2) is 48.6 Å². The van der Waals surface area contributed by atoms with E-state index in [4.69, 9.17) is 14.9 Å². The lowest BCUT2D eigenvalue weighted by molar-refractivity contribution is -0.294. The Morgan fingerprint density at radius 1 is 1.00 bits per heavy atom. The van der Waals surface area contributed by atoms with Gasteiger partial charge in [-0.05, 0) is 32.1 Å². The number of aliphatic carboxylic acids is 1. The third kappa shape index (κ3) is 18.5. The largest absolute Gasteiger partial charge is 0.481 e. The molecule has 0 bridgehead atoms. The lowest BCUT2D eigenvalue weighted by Gasteiger charge is -2.10. The Bertz CT molecular complexity index is 422. The van der Waals surface area contributed by atoms with Crippen molar-refractivity contribution in [2.75, 3.05) is 7.11 Å². The number of hydrogen-bond donors (Lipinski definition) is 1. The maximum atomic E-state index is 10.4. The lowest BCUT2D eigenvalue weighted by atomic mass is 10.1. The Balaban J connectivity index is 3.79. The van der Waals surface area contributed by atoms with Crippen molar-refractivity contribution in [3.63, 3.8) is 0 Å². The first-order chi connectivity index (χ1) is 12.2. The van der Waals surface area contributed by atoms with Gasteiger partial charge in [-0.3, -0.25) is 4.79 Å². The number of carboxylic acid groups (broad SMARTS) is 1. The highest BCUT2D eigenvalue weighted by Crippen LogP contribution is 2.08. The average Bonchev–Trinajstić information content (AvgIpc) is 2.58. The number of unbranched alkanes of at least 4 members (excludes halogenated alkanes) is 3. The molecule has 0 aliphatic carbocycles. The first kappa shape index (κ1) is 23.4. The first-order valence-electron chi connectivity index (χ1n) is 9.25. The van der Waals surface area contributed by atoms with Gasteiger partial charge in [0.25, 0.3) is 0 Å². The molecule has 142 valence electrons. The smallest absolute Gasteiger partial charge is 0.303 e. The van der Waals surface area contributed by atoms with Crippen LogP contribution in [-0.2, 0) is 14.6 Å². The molecule has 0 rings (SSSR count). The third-order valence-electron chi connectivity index (χ3n) is 3.52. The fraction of sp³-hybridized carbons (Fsp3) is 0.571. The molecule has 0 aromatic rings. The number of carbonyl (C=O) groups is 1. The van der Waals surface area contributed by atoms with Crippen LogP contribution in [0.2, 0.25) is 0 Å². The summed E-state index contributed by atoms with van der Waals surface area (Å²) in [4.78, 5) is 20.4. The van der Waals surface area contributed by atoms with Crippen LogP contribution in [0, 0.1) is 0 Å². The normalized spacial score (nSPS) is 13.7. The highest BCUT2D eigenvalue weighted by molar-refractivity contribution is 5.66.